The first-order chi connectivity index (χ1) is 9.69. The molecule has 0 atom stereocenters. The van der Waals surface area contributed by atoms with Crippen LogP contribution in [-0.2, 0) is 20.4 Å². The van der Waals surface area contributed by atoms with E-state index in [9.17, 15) is 0 Å². The fourth-order valence-corrected chi connectivity index (χ4v) is 7.30. The number of hydrogen-bond acceptors (Lipinski definition) is 0. The molecular weight excluding hydrogens is 378 g/mol. The van der Waals surface area contributed by atoms with E-state index in [1.807, 2.05) is 0 Å². The monoisotopic (exact) mass is 404 g/mol. The van der Waals surface area contributed by atoms with Gasteiger partial charge in [0.15, 0.2) is 0 Å². The summed E-state index contributed by atoms with van der Waals surface area (Å²) in [6.45, 7) is 14.2. The van der Waals surface area contributed by atoms with Crippen LogP contribution < -0.4 is 5.30 Å². The summed E-state index contributed by atoms with van der Waals surface area (Å²) >= 11 is 0. The summed E-state index contributed by atoms with van der Waals surface area (Å²) in [6.07, 6.45) is 0. The number of hydrogen-bond donors (Lipinski definition) is 0. The normalized spacial score (nSPS) is 12.1. The minimum Gasteiger partial charge on any atom is -0.0643 e. The summed E-state index contributed by atoms with van der Waals surface area (Å²) in [4.78, 5) is 0. The molecular formula is C20H27PPd. The molecule has 0 amide bonds. The molecule has 0 aromatic heterocycles. The van der Waals surface area contributed by atoms with E-state index in [4.69, 9.17) is 0 Å². The Balaban J connectivity index is 0.00000242. The Hall–Kier alpha value is -0.468. The van der Waals surface area contributed by atoms with E-state index in [1.165, 1.54) is 16.4 Å². The minimum absolute atomic E-state index is 0. The number of benzene rings is 2. The Labute approximate surface area is 151 Å². The van der Waals surface area contributed by atoms with Crippen LogP contribution in [0.2, 0.25) is 0 Å². The van der Waals surface area contributed by atoms with Gasteiger partial charge in [0.05, 0.1) is 0 Å². The molecule has 2 rings (SSSR count). The molecule has 0 bridgehead atoms. The summed E-state index contributed by atoms with van der Waals surface area (Å²) in [5, 5.41) is 2.12. The quantitative estimate of drug-likeness (QED) is 0.422. The van der Waals surface area contributed by atoms with Crippen LogP contribution in [0, 0.1) is 0 Å². The van der Waals surface area contributed by atoms with Crippen molar-refractivity contribution >= 4 is 13.2 Å². The predicted molar refractivity (Wildman–Crippen MR) is 97.9 cm³/mol. The molecule has 0 nitrogen and oxygen atoms in total. The van der Waals surface area contributed by atoms with Gasteiger partial charge in [0.25, 0.3) is 0 Å². The third-order valence-corrected chi connectivity index (χ3v) is 7.03. The molecule has 122 valence electrons. The molecule has 0 N–H and O–H groups in total. The molecule has 0 aliphatic rings. The molecule has 2 aromatic rings. The van der Waals surface area contributed by atoms with Gasteiger partial charge in [-0.2, -0.15) is 0 Å². The Bertz CT molecular complexity index is 577. The molecule has 0 saturated carbocycles. The van der Waals surface area contributed by atoms with Gasteiger partial charge in [-0.1, -0.05) is 98.0 Å². The molecule has 0 heterocycles. The third-order valence-electron chi connectivity index (χ3n) is 3.55. The second-order valence-electron chi connectivity index (χ2n) is 7.59. The van der Waals surface area contributed by atoms with Gasteiger partial charge < -0.3 is 0 Å². The van der Waals surface area contributed by atoms with Gasteiger partial charge >= 0.3 is 0 Å². The smallest absolute Gasteiger partial charge is 0 e. The molecule has 2 heteroatoms. The van der Waals surface area contributed by atoms with Gasteiger partial charge in [0, 0.05) is 20.4 Å². The zero-order valence-electron chi connectivity index (χ0n) is 14.5. The van der Waals surface area contributed by atoms with E-state index >= 15 is 0 Å². The topological polar surface area (TPSA) is 0 Å². The van der Waals surface area contributed by atoms with Crippen molar-refractivity contribution in [2.45, 2.75) is 51.9 Å². The van der Waals surface area contributed by atoms with Gasteiger partial charge in [0.1, 0.15) is 0 Å². The van der Waals surface area contributed by atoms with Crippen LogP contribution in [0.3, 0.4) is 0 Å². The van der Waals surface area contributed by atoms with Crippen LogP contribution in [0.1, 0.15) is 41.5 Å². The summed E-state index contributed by atoms with van der Waals surface area (Å²) in [5.41, 5.74) is 2.63. The first-order valence-electron chi connectivity index (χ1n) is 7.65. The first kappa shape index (κ1) is 19.6. The fraction of sp³-hybridized carbons (Fsp3) is 0.400. The van der Waals surface area contributed by atoms with Crippen molar-refractivity contribution < 1.29 is 20.4 Å². The van der Waals surface area contributed by atoms with E-state index in [0.29, 0.717) is 10.3 Å². The average molecular weight is 405 g/mol. The summed E-state index contributed by atoms with van der Waals surface area (Å²) in [5.74, 6) is 0. The van der Waals surface area contributed by atoms with Gasteiger partial charge in [-0.25, -0.2) is 0 Å². The molecule has 0 radical (unpaired) electrons. The van der Waals surface area contributed by atoms with Crippen molar-refractivity contribution in [3.8, 4) is 11.1 Å². The second-order valence-corrected chi connectivity index (χ2v) is 11.5. The van der Waals surface area contributed by atoms with Crippen LogP contribution in [0.5, 0.6) is 0 Å². The van der Waals surface area contributed by atoms with Crippen molar-refractivity contribution in [1.29, 1.82) is 0 Å². The Morgan fingerprint density at radius 2 is 1.14 bits per heavy atom. The first-order valence-corrected chi connectivity index (χ1v) is 8.99. The zero-order chi connectivity index (χ0) is 15.7. The average Bonchev–Trinajstić information content (AvgIpc) is 2.37. The second kappa shape index (κ2) is 7.40. The predicted octanol–water partition coefficient (Wildman–Crippen LogP) is 6.06. The maximum Gasteiger partial charge on any atom is 0 e. The van der Waals surface area contributed by atoms with Crippen molar-refractivity contribution in [2.75, 3.05) is 0 Å². The molecule has 0 fully saturated rings. The van der Waals surface area contributed by atoms with Crippen LogP contribution in [0.15, 0.2) is 54.6 Å². The summed E-state index contributed by atoms with van der Waals surface area (Å²) < 4.78 is 0. The fourth-order valence-electron chi connectivity index (χ4n) is 3.24. The minimum atomic E-state index is -0.244. The molecule has 2 aromatic carbocycles. The van der Waals surface area contributed by atoms with Crippen LogP contribution >= 0.6 is 7.92 Å². The largest absolute Gasteiger partial charge is 0.0643 e. The number of rotatable bonds is 2. The SMILES string of the molecule is CC(C)(C)P(c1cccc(-c2ccccc2)c1)C(C)(C)C.[Pd]. The van der Waals surface area contributed by atoms with Crippen molar-refractivity contribution in [1.82, 2.24) is 0 Å². The molecule has 22 heavy (non-hydrogen) atoms. The molecule has 0 spiro atoms. The zero-order valence-corrected chi connectivity index (χ0v) is 16.9. The maximum absolute atomic E-state index is 2.40. The van der Waals surface area contributed by atoms with E-state index in [0.717, 1.165) is 0 Å². The standard InChI is InChI=1S/C20H27P.Pd/c1-19(2,3)21(20(4,5)6)18-14-10-13-17(15-18)16-11-8-7-9-12-16;/h7-15H,1-6H3;. The Morgan fingerprint density at radius 1 is 0.636 bits per heavy atom. The maximum atomic E-state index is 2.40. The van der Waals surface area contributed by atoms with Gasteiger partial charge in [-0.15, -0.1) is 0 Å². The van der Waals surface area contributed by atoms with E-state index in [-0.39, 0.29) is 28.3 Å². The summed E-state index contributed by atoms with van der Waals surface area (Å²) in [6, 6.07) is 19.8. The van der Waals surface area contributed by atoms with Gasteiger partial charge in [-0.3, -0.25) is 0 Å². The van der Waals surface area contributed by atoms with Crippen LogP contribution in [0.25, 0.3) is 11.1 Å². The Kier molecular flexibility index (Phi) is 6.59. The van der Waals surface area contributed by atoms with Crippen molar-refractivity contribution in [3.63, 3.8) is 0 Å². The Morgan fingerprint density at radius 3 is 1.64 bits per heavy atom. The van der Waals surface area contributed by atoms with Crippen LogP contribution in [0.4, 0.5) is 0 Å². The summed E-state index contributed by atoms with van der Waals surface area (Å²) in [7, 11) is -0.244. The molecule has 0 saturated heterocycles. The van der Waals surface area contributed by atoms with Gasteiger partial charge in [-0.05, 0) is 32.8 Å². The van der Waals surface area contributed by atoms with E-state index in [1.54, 1.807) is 0 Å². The molecule has 0 aliphatic heterocycles. The van der Waals surface area contributed by atoms with Crippen molar-refractivity contribution in [2.24, 2.45) is 0 Å². The van der Waals surface area contributed by atoms with E-state index < -0.39 is 0 Å². The van der Waals surface area contributed by atoms with Gasteiger partial charge in [0.2, 0.25) is 0 Å². The third kappa shape index (κ3) is 4.76. The van der Waals surface area contributed by atoms with E-state index in [2.05, 4.69) is 96.1 Å². The van der Waals surface area contributed by atoms with Crippen molar-refractivity contribution in [3.05, 3.63) is 54.6 Å². The molecule has 0 aliphatic carbocycles. The van der Waals surface area contributed by atoms with Crippen LogP contribution in [-0.4, -0.2) is 10.3 Å². The molecule has 0 unspecified atom stereocenters.